The lowest BCUT2D eigenvalue weighted by atomic mass is 9.97. The SMILES string of the molecule is CCC(C)C(NC(=O)C(N)CCC(N)=O)C(=O)NC(CC(N)=O)C(=O)NC(CO)C(=O)O. The Balaban J connectivity index is 5.46. The van der Waals surface area contributed by atoms with Crippen LogP contribution < -0.4 is 33.2 Å². The Hall–Kier alpha value is -3.26. The molecule has 5 unspecified atom stereocenters. The first kappa shape index (κ1) is 28.7. The average molecular weight is 460 g/mol. The van der Waals surface area contributed by atoms with E-state index in [4.69, 9.17) is 27.4 Å². The van der Waals surface area contributed by atoms with Crippen molar-refractivity contribution in [1.29, 1.82) is 0 Å². The maximum absolute atomic E-state index is 12.8. The highest BCUT2D eigenvalue weighted by atomic mass is 16.4. The number of hydrogen-bond acceptors (Lipinski definition) is 8. The number of carboxylic acid groups (broad SMARTS) is 1. The molecule has 0 aliphatic heterocycles. The molecule has 0 aliphatic carbocycles. The highest BCUT2D eigenvalue weighted by Crippen LogP contribution is 2.10. The maximum Gasteiger partial charge on any atom is 0.328 e. The van der Waals surface area contributed by atoms with E-state index < -0.39 is 78.6 Å². The number of aliphatic hydroxyl groups is 1. The molecule has 0 aliphatic rings. The van der Waals surface area contributed by atoms with Crippen LogP contribution in [0, 0.1) is 5.92 Å². The van der Waals surface area contributed by atoms with E-state index in [1.165, 1.54) is 0 Å². The first-order valence-electron chi connectivity index (χ1n) is 9.90. The van der Waals surface area contributed by atoms with E-state index in [1.54, 1.807) is 13.8 Å². The summed E-state index contributed by atoms with van der Waals surface area (Å²) < 4.78 is 0. The zero-order valence-corrected chi connectivity index (χ0v) is 18.0. The van der Waals surface area contributed by atoms with Gasteiger partial charge >= 0.3 is 5.97 Å². The molecule has 0 saturated heterocycles. The fourth-order valence-corrected chi connectivity index (χ4v) is 2.52. The minimum atomic E-state index is -1.66. The molecule has 32 heavy (non-hydrogen) atoms. The van der Waals surface area contributed by atoms with Gasteiger partial charge in [0.05, 0.1) is 19.1 Å². The first-order valence-corrected chi connectivity index (χ1v) is 9.90. The summed E-state index contributed by atoms with van der Waals surface area (Å²) >= 11 is 0. The van der Waals surface area contributed by atoms with Crippen LogP contribution in [-0.4, -0.2) is 76.5 Å². The highest BCUT2D eigenvalue weighted by molar-refractivity contribution is 5.96. The highest BCUT2D eigenvalue weighted by Gasteiger charge is 2.33. The van der Waals surface area contributed by atoms with Gasteiger partial charge in [0.2, 0.25) is 29.5 Å². The summed E-state index contributed by atoms with van der Waals surface area (Å²) in [6, 6.07) is -5.50. The molecular weight excluding hydrogens is 428 g/mol. The average Bonchev–Trinajstić information content (AvgIpc) is 2.71. The molecule has 5 atom stereocenters. The van der Waals surface area contributed by atoms with Gasteiger partial charge in [0.1, 0.15) is 18.1 Å². The third-order valence-electron chi connectivity index (χ3n) is 4.67. The molecule has 0 fully saturated rings. The number of aliphatic hydroxyl groups excluding tert-OH is 1. The van der Waals surface area contributed by atoms with Crippen LogP contribution in [0.3, 0.4) is 0 Å². The topological polar surface area (TPSA) is 257 Å². The van der Waals surface area contributed by atoms with Crippen LogP contribution >= 0.6 is 0 Å². The molecule has 0 saturated carbocycles. The maximum atomic E-state index is 12.8. The van der Waals surface area contributed by atoms with Crippen molar-refractivity contribution in [3.8, 4) is 0 Å². The van der Waals surface area contributed by atoms with Crippen molar-refractivity contribution in [2.75, 3.05) is 6.61 Å². The standard InChI is InChI=1S/C18H32N6O8/c1-3-8(2)14(24-15(28)9(19)4-5-12(20)26)17(30)22-10(6-13(21)27)16(29)23-11(7-25)18(31)32/h8-11,14,25H,3-7,19H2,1-2H3,(H2,20,26)(H2,21,27)(H,22,30)(H,23,29)(H,24,28)(H,31,32). The van der Waals surface area contributed by atoms with E-state index in [0.29, 0.717) is 6.42 Å². The van der Waals surface area contributed by atoms with Gasteiger partial charge in [-0.2, -0.15) is 0 Å². The van der Waals surface area contributed by atoms with E-state index >= 15 is 0 Å². The van der Waals surface area contributed by atoms with Gasteiger partial charge in [-0.1, -0.05) is 20.3 Å². The van der Waals surface area contributed by atoms with Gasteiger partial charge in [-0.3, -0.25) is 24.0 Å². The summed E-state index contributed by atoms with van der Waals surface area (Å²) in [5.41, 5.74) is 15.9. The van der Waals surface area contributed by atoms with E-state index in [-0.39, 0.29) is 12.8 Å². The Morgan fingerprint density at radius 3 is 1.88 bits per heavy atom. The van der Waals surface area contributed by atoms with E-state index in [0.717, 1.165) is 0 Å². The lowest BCUT2D eigenvalue weighted by molar-refractivity contribution is -0.143. The minimum absolute atomic E-state index is 0.0412. The number of carbonyl (C=O) groups excluding carboxylic acids is 5. The van der Waals surface area contributed by atoms with Crippen molar-refractivity contribution < 1.29 is 39.0 Å². The smallest absolute Gasteiger partial charge is 0.328 e. The molecule has 0 spiro atoms. The monoisotopic (exact) mass is 460 g/mol. The number of hydrogen-bond donors (Lipinski definition) is 8. The van der Waals surface area contributed by atoms with Crippen LogP contribution in [-0.2, 0) is 28.8 Å². The molecule has 182 valence electrons. The Bertz CT molecular complexity index is 716. The predicted molar refractivity (Wildman–Crippen MR) is 110 cm³/mol. The Morgan fingerprint density at radius 1 is 0.875 bits per heavy atom. The fraction of sp³-hybridized carbons (Fsp3) is 0.667. The molecule has 11 N–H and O–H groups in total. The number of amides is 5. The number of aliphatic carboxylic acids is 1. The molecule has 0 aromatic carbocycles. The lowest BCUT2D eigenvalue weighted by Crippen LogP contribution is -2.59. The van der Waals surface area contributed by atoms with Crippen molar-refractivity contribution in [3.05, 3.63) is 0 Å². The summed E-state index contributed by atoms with van der Waals surface area (Å²) in [6.45, 7) is 2.47. The number of primary amides is 2. The Morgan fingerprint density at radius 2 is 1.44 bits per heavy atom. The molecule has 0 aromatic heterocycles. The zero-order valence-electron chi connectivity index (χ0n) is 18.0. The normalized spacial score (nSPS) is 15.4. The largest absolute Gasteiger partial charge is 0.480 e. The van der Waals surface area contributed by atoms with Crippen molar-refractivity contribution in [1.82, 2.24) is 16.0 Å². The summed E-state index contributed by atoms with van der Waals surface area (Å²) in [5, 5.41) is 24.7. The lowest BCUT2D eigenvalue weighted by Gasteiger charge is -2.27. The van der Waals surface area contributed by atoms with Gasteiger partial charge in [0.25, 0.3) is 0 Å². The number of rotatable bonds is 15. The molecule has 0 heterocycles. The van der Waals surface area contributed by atoms with E-state index in [1.807, 2.05) is 5.32 Å². The van der Waals surface area contributed by atoms with Gasteiger partial charge < -0.3 is 43.4 Å². The summed E-state index contributed by atoms with van der Waals surface area (Å²) in [4.78, 5) is 70.7. The molecule has 0 radical (unpaired) electrons. The van der Waals surface area contributed by atoms with Gasteiger partial charge in [-0.25, -0.2) is 4.79 Å². The van der Waals surface area contributed by atoms with Crippen molar-refractivity contribution in [3.63, 3.8) is 0 Å². The number of carbonyl (C=O) groups is 6. The van der Waals surface area contributed by atoms with Crippen LogP contribution in [0.15, 0.2) is 0 Å². The van der Waals surface area contributed by atoms with Gasteiger partial charge in [-0.05, 0) is 12.3 Å². The molecule has 14 heteroatoms. The molecule has 0 bridgehead atoms. The van der Waals surface area contributed by atoms with Crippen LogP contribution in [0.5, 0.6) is 0 Å². The van der Waals surface area contributed by atoms with Crippen LogP contribution in [0.2, 0.25) is 0 Å². The molecule has 14 nitrogen and oxygen atoms in total. The van der Waals surface area contributed by atoms with Gasteiger partial charge in [0.15, 0.2) is 0 Å². The predicted octanol–water partition coefficient (Wildman–Crippen LogP) is -3.97. The second-order valence-electron chi connectivity index (χ2n) is 7.30. The number of nitrogens with one attached hydrogen (secondary N) is 3. The van der Waals surface area contributed by atoms with E-state index in [9.17, 15) is 28.8 Å². The van der Waals surface area contributed by atoms with Gasteiger partial charge in [0, 0.05) is 6.42 Å². The van der Waals surface area contributed by atoms with Crippen LogP contribution in [0.1, 0.15) is 39.5 Å². The molecule has 0 aromatic rings. The molecular formula is C18H32N6O8. The second-order valence-corrected chi connectivity index (χ2v) is 7.30. The van der Waals surface area contributed by atoms with E-state index in [2.05, 4.69) is 10.6 Å². The van der Waals surface area contributed by atoms with Crippen molar-refractivity contribution in [2.45, 2.75) is 63.7 Å². The van der Waals surface area contributed by atoms with Crippen molar-refractivity contribution in [2.24, 2.45) is 23.1 Å². The Kier molecular flexibility index (Phi) is 12.5. The number of nitrogens with two attached hydrogens (primary N) is 3. The summed E-state index contributed by atoms with van der Waals surface area (Å²) in [7, 11) is 0. The first-order chi connectivity index (χ1) is 14.8. The third-order valence-corrected chi connectivity index (χ3v) is 4.67. The second kappa shape index (κ2) is 13.9. The Labute approximate surface area is 184 Å². The molecule has 0 rings (SSSR count). The molecule has 5 amide bonds. The summed E-state index contributed by atoms with van der Waals surface area (Å²) in [6.07, 6.45) is -0.395. The minimum Gasteiger partial charge on any atom is -0.480 e. The van der Waals surface area contributed by atoms with Crippen molar-refractivity contribution >= 4 is 35.5 Å². The zero-order chi connectivity index (χ0) is 25.0. The quantitative estimate of drug-likeness (QED) is 0.118. The number of carboxylic acids is 1. The van der Waals surface area contributed by atoms with Crippen LogP contribution in [0.25, 0.3) is 0 Å². The van der Waals surface area contributed by atoms with Gasteiger partial charge in [-0.15, -0.1) is 0 Å². The summed E-state index contributed by atoms with van der Waals surface area (Å²) in [5.74, 6) is -6.19. The van der Waals surface area contributed by atoms with Crippen LogP contribution in [0.4, 0.5) is 0 Å². The third kappa shape index (κ3) is 10.2. The fourth-order valence-electron chi connectivity index (χ4n) is 2.52.